The van der Waals surface area contributed by atoms with Crippen LogP contribution in [0.2, 0.25) is 0 Å². The van der Waals surface area contributed by atoms with Crippen molar-refractivity contribution < 1.29 is 4.74 Å². The predicted molar refractivity (Wildman–Crippen MR) is 80.8 cm³/mol. The van der Waals surface area contributed by atoms with Crippen molar-refractivity contribution in [2.24, 2.45) is 0 Å². The molecule has 0 heterocycles. The summed E-state index contributed by atoms with van der Waals surface area (Å²) in [5.41, 5.74) is 1.41. The summed E-state index contributed by atoms with van der Waals surface area (Å²) >= 11 is 3.81. The largest absolute Gasteiger partial charge is 0.493 e. The Hall–Kier alpha value is -0.500. The van der Waals surface area contributed by atoms with Gasteiger partial charge in [-0.3, -0.25) is 0 Å². The lowest BCUT2D eigenvalue weighted by atomic mass is 9.91. The maximum Gasteiger partial charge on any atom is 0.122 e. The molecule has 0 radical (unpaired) electrons. The highest BCUT2D eigenvalue weighted by atomic mass is 79.9. The van der Waals surface area contributed by atoms with Crippen LogP contribution in [0, 0.1) is 0 Å². The Kier molecular flexibility index (Phi) is 5.55. The maximum atomic E-state index is 5.90. The predicted octanol–water partition coefficient (Wildman–Crippen LogP) is 5.29. The van der Waals surface area contributed by atoms with Crippen LogP contribution in [0.15, 0.2) is 24.3 Å². The molecule has 18 heavy (non-hydrogen) atoms. The van der Waals surface area contributed by atoms with Crippen LogP contribution in [0.5, 0.6) is 5.75 Å². The van der Waals surface area contributed by atoms with Gasteiger partial charge in [-0.15, -0.1) is 0 Å². The number of halogens is 1. The van der Waals surface area contributed by atoms with Crippen LogP contribution in [-0.4, -0.2) is 11.4 Å². The monoisotopic (exact) mass is 310 g/mol. The van der Waals surface area contributed by atoms with Gasteiger partial charge in [-0.1, -0.05) is 53.9 Å². The molecule has 0 saturated heterocycles. The minimum Gasteiger partial charge on any atom is -0.493 e. The molecule has 1 aliphatic rings. The fourth-order valence-corrected chi connectivity index (χ4v) is 3.52. The van der Waals surface area contributed by atoms with Crippen LogP contribution in [-0.2, 0) is 0 Å². The molecule has 100 valence electrons. The van der Waals surface area contributed by atoms with Gasteiger partial charge >= 0.3 is 0 Å². The SMILES string of the molecule is CCCOc1ccccc1C1CCCCC(Br)C1. The van der Waals surface area contributed by atoms with Crippen molar-refractivity contribution in [2.75, 3.05) is 6.61 Å². The van der Waals surface area contributed by atoms with Crippen molar-refractivity contribution in [1.82, 2.24) is 0 Å². The topological polar surface area (TPSA) is 9.23 Å². The lowest BCUT2D eigenvalue weighted by molar-refractivity contribution is 0.311. The van der Waals surface area contributed by atoms with Crippen LogP contribution in [0.4, 0.5) is 0 Å². The Labute approximate surface area is 119 Å². The molecule has 2 rings (SSSR count). The quantitative estimate of drug-likeness (QED) is 0.542. The summed E-state index contributed by atoms with van der Waals surface area (Å²) in [6, 6.07) is 8.60. The zero-order valence-electron chi connectivity index (χ0n) is 11.2. The van der Waals surface area contributed by atoms with Gasteiger partial charge in [0.25, 0.3) is 0 Å². The molecule has 2 unspecified atom stereocenters. The van der Waals surface area contributed by atoms with E-state index in [-0.39, 0.29) is 0 Å². The van der Waals surface area contributed by atoms with Gasteiger partial charge in [0.05, 0.1) is 6.61 Å². The summed E-state index contributed by atoms with van der Waals surface area (Å²) in [5, 5.41) is 0. The van der Waals surface area contributed by atoms with Gasteiger partial charge in [0.1, 0.15) is 5.75 Å². The van der Waals surface area contributed by atoms with E-state index < -0.39 is 0 Å². The normalized spacial score (nSPS) is 24.6. The number of benzene rings is 1. The summed E-state index contributed by atoms with van der Waals surface area (Å²) in [5.74, 6) is 1.76. The van der Waals surface area contributed by atoms with Crippen molar-refractivity contribution in [2.45, 2.75) is 56.2 Å². The number of ether oxygens (including phenoxy) is 1. The minimum atomic E-state index is 0.657. The molecule has 0 spiro atoms. The van der Waals surface area contributed by atoms with Gasteiger partial charge in [0.2, 0.25) is 0 Å². The molecular formula is C16H23BrO. The van der Waals surface area contributed by atoms with Crippen LogP contribution < -0.4 is 4.74 Å². The van der Waals surface area contributed by atoms with Crippen LogP contribution >= 0.6 is 15.9 Å². The lowest BCUT2D eigenvalue weighted by Crippen LogP contribution is -2.07. The first-order valence-electron chi connectivity index (χ1n) is 7.17. The van der Waals surface area contributed by atoms with Crippen molar-refractivity contribution in [3.63, 3.8) is 0 Å². The van der Waals surface area contributed by atoms with E-state index in [1.54, 1.807) is 0 Å². The molecule has 0 N–H and O–H groups in total. The van der Waals surface area contributed by atoms with Crippen molar-refractivity contribution in [3.05, 3.63) is 29.8 Å². The van der Waals surface area contributed by atoms with Gasteiger partial charge < -0.3 is 4.74 Å². The second-order valence-corrected chi connectivity index (χ2v) is 6.50. The van der Waals surface area contributed by atoms with Crippen LogP contribution in [0.1, 0.15) is 56.9 Å². The molecule has 0 amide bonds. The summed E-state index contributed by atoms with van der Waals surface area (Å²) < 4.78 is 5.90. The van der Waals surface area contributed by atoms with Gasteiger partial charge in [-0.25, -0.2) is 0 Å². The standard InChI is InChI=1S/C16H23BrO/c1-2-11-18-16-10-6-5-9-15(16)13-7-3-4-8-14(17)12-13/h5-6,9-10,13-14H,2-4,7-8,11-12H2,1H3. The highest BCUT2D eigenvalue weighted by Crippen LogP contribution is 2.38. The number of hydrogen-bond donors (Lipinski definition) is 0. The number of alkyl halides is 1. The third kappa shape index (κ3) is 3.74. The van der Waals surface area contributed by atoms with E-state index in [4.69, 9.17) is 4.74 Å². The van der Waals surface area contributed by atoms with E-state index in [1.807, 2.05) is 0 Å². The fraction of sp³-hybridized carbons (Fsp3) is 0.625. The van der Waals surface area contributed by atoms with E-state index in [1.165, 1.54) is 37.7 Å². The first kappa shape index (κ1) is 13.9. The third-order valence-corrected chi connectivity index (χ3v) is 4.51. The Bertz CT molecular complexity index is 364. The van der Waals surface area contributed by atoms with E-state index in [9.17, 15) is 0 Å². The van der Waals surface area contributed by atoms with E-state index in [0.29, 0.717) is 10.7 Å². The molecule has 1 aromatic rings. The van der Waals surface area contributed by atoms with Gasteiger partial charge in [-0.2, -0.15) is 0 Å². The summed E-state index contributed by atoms with van der Waals surface area (Å²) in [7, 11) is 0. The maximum absolute atomic E-state index is 5.90. The Morgan fingerprint density at radius 2 is 2.00 bits per heavy atom. The second-order valence-electron chi connectivity index (χ2n) is 5.20. The molecule has 1 fully saturated rings. The molecule has 1 aliphatic carbocycles. The smallest absolute Gasteiger partial charge is 0.122 e. The highest BCUT2D eigenvalue weighted by Gasteiger charge is 2.22. The van der Waals surface area contributed by atoms with Gasteiger partial charge in [0, 0.05) is 4.83 Å². The molecule has 2 atom stereocenters. The number of hydrogen-bond acceptors (Lipinski definition) is 1. The summed E-state index contributed by atoms with van der Waals surface area (Å²) in [6.45, 7) is 2.98. The van der Waals surface area contributed by atoms with Gasteiger partial charge in [-0.05, 0) is 43.2 Å². The van der Waals surface area contributed by atoms with Crippen LogP contribution in [0.3, 0.4) is 0 Å². The molecule has 0 aliphatic heterocycles. The Morgan fingerprint density at radius 3 is 2.83 bits per heavy atom. The zero-order chi connectivity index (χ0) is 12.8. The average Bonchev–Trinajstić information content (AvgIpc) is 2.61. The number of para-hydroxylation sites is 1. The Balaban J connectivity index is 2.14. The molecule has 0 aromatic heterocycles. The molecule has 1 nitrogen and oxygen atoms in total. The third-order valence-electron chi connectivity index (χ3n) is 3.68. The highest BCUT2D eigenvalue weighted by molar-refractivity contribution is 9.09. The van der Waals surface area contributed by atoms with Gasteiger partial charge in [0.15, 0.2) is 0 Å². The van der Waals surface area contributed by atoms with E-state index in [0.717, 1.165) is 18.8 Å². The molecule has 1 saturated carbocycles. The Morgan fingerprint density at radius 1 is 1.22 bits per heavy atom. The molecule has 0 bridgehead atoms. The van der Waals surface area contributed by atoms with E-state index >= 15 is 0 Å². The van der Waals surface area contributed by atoms with Crippen molar-refractivity contribution in [1.29, 1.82) is 0 Å². The zero-order valence-corrected chi connectivity index (χ0v) is 12.8. The van der Waals surface area contributed by atoms with Crippen LogP contribution in [0.25, 0.3) is 0 Å². The van der Waals surface area contributed by atoms with Crippen molar-refractivity contribution >= 4 is 15.9 Å². The first-order valence-corrected chi connectivity index (χ1v) is 8.08. The number of rotatable bonds is 4. The molecular weight excluding hydrogens is 288 g/mol. The molecule has 2 heteroatoms. The summed E-state index contributed by atoms with van der Waals surface area (Å²) in [4.78, 5) is 0.671. The fourth-order valence-electron chi connectivity index (χ4n) is 2.74. The summed E-state index contributed by atoms with van der Waals surface area (Å²) in [6.07, 6.45) is 7.62. The minimum absolute atomic E-state index is 0.657. The average molecular weight is 311 g/mol. The first-order chi connectivity index (χ1) is 8.81. The second kappa shape index (κ2) is 7.18. The molecule has 1 aromatic carbocycles. The van der Waals surface area contributed by atoms with Crippen molar-refractivity contribution in [3.8, 4) is 5.75 Å². The van der Waals surface area contributed by atoms with E-state index in [2.05, 4.69) is 47.1 Å². The lowest BCUT2D eigenvalue weighted by Gasteiger charge is -2.20.